The number of anilines is 2. The van der Waals surface area contributed by atoms with Gasteiger partial charge in [-0.2, -0.15) is 4.98 Å². The highest BCUT2D eigenvalue weighted by molar-refractivity contribution is 5.62. The molecule has 0 aliphatic heterocycles. The second-order valence-corrected chi connectivity index (χ2v) is 5.12. The summed E-state index contributed by atoms with van der Waals surface area (Å²) in [4.78, 5) is 4.37. The van der Waals surface area contributed by atoms with Gasteiger partial charge in [0.25, 0.3) is 0 Å². The third-order valence-corrected chi connectivity index (χ3v) is 3.83. The van der Waals surface area contributed by atoms with Crippen molar-refractivity contribution in [1.29, 1.82) is 0 Å². The van der Waals surface area contributed by atoms with Gasteiger partial charge in [-0.3, -0.25) is 0 Å². The van der Waals surface area contributed by atoms with E-state index in [1.807, 2.05) is 6.07 Å². The van der Waals surface area contributed by atoms with Crippen LogP contribution in [0, 0.1) is 5.92 Å². The summed E-state index contributed by atoms with van der Waals surface area (Å²) < 4.78 is 5.13. The van der Waals surface area contributed by atoms with Crippen LogP contribution in [0.25, 0.3) is 0 Å². The van der Waals surface area contributed by atoms with Crippen molar-refractivity contribution in [2.45, 2.75) is 45.1 Å². The smallest absolute Gasteiger partial charge is 0.215 e. The number of hydrogen-bond acceptors (Lipinski definition) is 4. The van der Waals surface area contributed by atoms with Crippen molar-refractivity contribution in [3.05, 3.63) is 12.1 Å². The van der Waals surface area contributed by atoms with Gasteiger partial charge in [0.15, 0.2) is 5.82 Å². The fourth-order valence-corrected chi connectivity index (χ4v) is 2.65. The van der Waals surface area contributed by atoms with E-state index in [0.717, 1.165) is 11.7 Å². The van der Waals surface area contributed by atoms with E-state index in [9.17, 15) is 0 Å². The Hall–Kier alpha value is -1.45. The van der Waals surface area contributed by atoms with Crippen LogP contribution in [0.1, 0.15) is 39.0 Å². The van der Waals surface area contributed by atoms with Gasteiger partial charge in [0, 0.05) is 12.1 Å². The molecule has 1 atom stereocenters. The van der Waals surface area contributed by atoms with Crippen LogP contribution in [0.15, 0.2) is 12.1 Å². The third kappa shape index (κ3) is 3.06. The summed E-state index contributed by atoms with van der Waals surface area (Å²) in [7, 11) is 1.62. The van der Waals surface area contributed by atoms with Gasteiger partial charge >= 0.3 is 0 Å². The fraction of sp³-hybridized carbons (Fsp3) is 0.643. The van der Waals surface area contributed by atoms with Crippen LogP contribution in [0.5, 0.6) is 5.88 Å². The molecular formula is C14H23N3O. The lowest BCUT2D eigenvalue weighted by molar-refractivity contribution is 0.328. The molecule has 1 aromatic rings. The molecule has 1 aromatic heterocycles. The van der Waals surface area contributed by atoms with Crippen molar-refractivity contribution in [3.63, 3.8) is 0 Å². The molecule has 0 amide bonds. The first kappa shape index (κ1) is 13.0. The van der Waals surface area contributed by atoms with Crippen molar-refractivity contribution in [2.24, 2.45) is 5.92 Å². The van der Waals surface area contributed by atoms with E-state index in [0.29, 0.717) is 17.6 Å². The van der Waals surface area contributed by atoms with Gasteiger partial charge in [-0.05, 0) is 31.7 Å². The number of nitrogens with one attached hydrogen (secondary N) is 1. The maximum Gasteiger partial charge on any atom is 0.215 e. The van der Waals surface area contributed by atoms with Gasteiger partial charge in [0.05, 0.1) is 12.8 Å². The molecule has 0 bridgehead atoms. The van der Waals surface area contributed by atoms with Crippen LogP contribution < -0.4 is 15.8 Å². The molecule has 0 aromatic carbocycles. The molecule has 18 heavy (non-hydrogen) atoms. The van der Waals surface area contributed by atoms with Gasteiger partial charge in [-0.25, -0.2) is 0 Å². The SMILES string of the molecule is COc1ccc(N)c(NC(C)C2CCCCC2)n1. The number of aromatic nitrogens is 1. The average molecular weight is 249 g/mol. The molecule has 0 saturated heterocycles. The lowest BCUT2D eigenvalue weighted by atomic mass is 9.84. The molecule has 1 aliphatic carbocycles. The van der Waals surface area contributed by atoms with E-state index in [1.54, 1.807) is 13.2 Å². The number of pyridine rings is 1. The largest absolute Gasteiger partial charge is 0.481 e. The minimum Gasteiger partial charge on any atom is -0.481 e. The molecule has 1 saturated carbocycles. The van der Waals surface area contributed by atoms with Gasteiger partial charge in [0.2, 0.25) is 5.88 Å². The molecule has 0 radical (unpaired) electrons. The predicted molar refractivity (Wildman–Crippen MR) is 74.9 cm³/mol. The van der Waals surface area contributed by atoms with E-state index in [4.69, 9.17) is 10.5 Å². The number of nitrogens with two attached hydrogens (primary N) is 1. The molecule has 3 N–H and O–H groups in total. The number of ether oxygens (including phenoxy) is 1. The second kappa shape index (κ2) is 5.94. The van der Waals surface area contributed by atoms with Crippen LogP contribution in [0.2, 0.25) is 0 Å². The highest BCUT2D eigenvalue weighted by Gasteiger charge is 2.20. The zero-order valence-electron chi connectivity index (χ0n) is 11.3. The summed E-state index contributed by atoms with van der Waals surface area (Å²) in [5, 5.41) is 3.44. The Morgan fingerprint density at radius 1 is 1.33 bits per heavy atom. The lowest BCUT2D eigenvalue weighted by Gasteiger charge is -2.29. The zero-order valence-corrected chi connectivity index (χ0v) is 11.3. The van der Waals surface area contributed by atoms with Crippen molar-refractivity contribution in [1.82, 2.24) is 4.98 Å². The molecule has 2 rings (SSSR count). The summed E-state index contributed by atoms with van der Waals surface area (Å²) in [5.41, 5.74) is 6.62. The van der Waals surface area contributed by atoms with E-state index in [1.165, 1.54) is 32.1 Å². The van der Waals surface area contributed by atoms with Crippen molar-refractivity contribution in [3.8, 4) is 5.88 Å². The monoisotopic (exact) mass is 249 g/mol. The Morgan fingerprint density at radius 2 is 2.06 bits per heavy atom. The number of methoxy groups -OCH3 is 1. The van der Waals surface area contributed by atoms with E-state index in [-0.39, 0.29) is 0 Å². The first-order chi connectivity index (χ1) is 8.70. The van der Waals surface area contributed by atoms with E-state index in [2.05, 4.69) is 17.2 Å². The quantitative estimate of drug-likeness (QED) is 0.861. The molecular weight excluding hydrogens is 226 g/mol. The fourth-order valence-electron chi connectivity index (χ4n) is 2.65. The molecule has 0 spiro atoms. The van der Waals surface area contributed by atoms with Crippen molar-refractivity contribution >= 4 is 11.5 Å². The van der Waals surface area contributed by atoms with E-state index >= 15 is 0 Å². The normalized spacial score (nSPS) is 18.3. The summed E-state index contributed by atoms with van der Waals surface area (Å²) in [6, 6.07) is 4.03. The summed E-state index contributed by atoms with van der Waals surface area (Å²) >= 11 is 0. The van der Waals surface area contributed by atoms with Crippen molar-refractivity contribution in [2.75, 3.05) is 18.2 Å². The van der Waals surface area contributed by atoms with Gasteiger partial charge in [-0.15, -0.1) is 0 Å². The van der Waals surface area contributed by atoms with Crippen LogP contribution in [-0.4, -0.2) is 18.1 Å². The topological polar surface area (TPSA) is 60.2 Å². The Balaban J connectivity index is 2.03. The minimum absolute atomic E-state index is 0.409. The third-order valence-electron chi connectivity index (χ3n) is 3.83. The summed E-state index contributed by atoms with van der Waals surface area (Å²) in [6.07, 6.45) is 6.67. The van der Waals surface area contributed by atoms with Crippen LogP contribution in [0.3, 0.4) is 0 Å². The summed E-state index contributed by atoms with van der Waals surface area (Å²) in [5.74, 6) is 2.07. The number of hydrogen-bond donors (Lipinski definition) is 2. The minimum atomic E-state index is 0.409. The second-order valence-electron chi connectivity index (χ2n) is 5.12. The predicted octanol–water partition coefficient (Wildman–Crippen LogP) is 3.05. The van der Waals surface area contributed by atoms with E-state index < -0.39 is 0 Å². The standard InChI is InChI=1S/C14H23N3O/c1-10(11-6-4-3-5-7-11)16-14-12(15)8-9-13(17-14)18-2/h8-11H,3-7,15H2,1-2H3,(H,16,17). The molecule has 4 nitrogen and oxygen atoms in total. The van der Waals surface area contributed by atoms with Gasteiger partial charge < -0.3 is 15.8 Å². The van der Waals surface area contributed by atoms with Crippen LogP contribution in [0.4, 0.5) is 11.5 Å². The van der Waals surface area contributed by atoms with Crippen LogP contribution in [-0.2, 0) is 0 Å². The maximum atomic E-state index is 5.94. The molecule has 4 heteroatoms. The Labute approximate surface area is 109 Å². The Bertz CT molecular complexity index is 389. The van der Waals surface area contributed by atoms with Crippen molar-refractivity contribution < 1.29 is 4.74 Å². The van der Waals surface area contributed by atoms with Gasteiger partial charge in [-0.1, -0.05) is 19.3 Å². The van der Waals surface area contributed by atoms with Crippen LogP contribution >= 0.6 is 0 Å². The first-order valence-corrected chi connectivity index (χ1v) is 6.77. The Morgan fingerprint density at radius 3 is 2.72 bits per heavy atom. The number of nitrogens with zero attached hydrogens (tertiary/aromatic N) is 1. The molecule has 1 fully saturated rings. The Kier molecular flexibility index (Phi) is 4.28. The zero-order chi connectivity index (χ0) is 13.0. The lowest BCUT2D eigenvalue weighted by Crippen LogP contribution is -2.28. The molecule has 1 heterocycles. The first-order valence-electron chi connectivity index (χ1n) is 6.77. The highest BCUT2D eigenvalue weighted by atomic mass is 16.5. The van der Waals surface area contributed by atoms with Gasteiger partial charge in [0.1, 0.15) is 0 Å². The molecule has 100 valence electrons. The maximum absolute atomic E-state index is 5.94. The number of rotatable bonds is 4. The highest BCUT2D eigenvalue weighted by Crippen LogP contribution is 2.29. The average Bonchev–Trinajstić information content (AvgIpc) is 2.42. The summed E-state index contributed by atoms with van der Waals surface area (Å²) in [6.45, 7) is 2.22. The molecule has 1 unspecified atom stereocenters. The number of nitrogen functional groups attached to an aromatic ring is 1. The molecule has 1 aliphatic rings.